The van der Waals surface area contributed by atoms with Crippen molar-refractivity contribution in [2.45, 2.75) is 6.54 Å². The number of rotatable bonds is 1. The van der Waals surface area contributed by atoms with E-state index in [9.17, 15) is 0 Å². The molecule has 13 heavy (non-hydrogen) atoms. The minimum atomic E-state index is 0. The van der Waals surface area contributed by atoms with Crippen LogP contribution in [0, 0.1) is 0 Å². The fourth-order valence-electron chi connectivity index (χ4n) is 1.21. The lowest BCUT2D eigenvalue weighted by atomic mass is 10.2. The molecule has 0 saturated heterocycles. The van der Waals surface area contributed by atoms with E-state index >= 15 is 0 Å². The Kier molecular flexibility index (Phi) is 2.69. The number of nitrogen functional groups attached to an aromatic ring is 1. The van der Waals surface area contributed by atoms with Gasteiger partial charge >= 0.3 is 0 Å². The van der Waals surface area contributed by atoms with Crippen LogP contribution in [-0.2, 0) is 6.54 Å². The maximum atomic E-state index is 5.64. The molecule has 5 N–H and O–H groups in total. The smallest absolute Gasteiger partial charge is 0.183 e. The second-order valence-electron chi connectivity index (χ2n) is 2.51. The molecule has 0 radical (unpaired) electrons. The molecule has 0 bridgehead atoms. The Bertz CT molecular complexity index is 410. The number of halogens is 1. The Labute approximate surface area is 80.9 Å². The van der Waals surface area contributed by atoms with Crippen LogP contribution in [0.3, 0.4) is 0 Å². The highest BCUT2D eigenvalue weighted by molar-refractivity contribution is 5.88. The van der Waals surface area contributed by atoms with Crippen molar-refractivity contribution >= 4 is 29.3 Å². The molecule has 70 valence electrons. The zero-order valence-electron chi connectivity index (χ0n) is 6.82. The van der Waals surface area contributed by atoms with Crippen LogP contribution in [0.25, 0.3) is 11.0 Å². The first-order valence-corrected chi connectivity index (χ1v) is 3.60. The molecular formula is C7H10ClN5. The number of aromatic amines is 1. The maximum absolute atomic E-state index is 5.64. The zero-order valence-corrected chi connectivity index (χ0v) is 7.64. The fraction of sp³-hybridized carbons (Fsp3) is 0.143. The van der Waals surface area contributed by atoms with Crippen LogP contribution in [0.1, 0.15) is 5.56 Å². The molecule has 0 saturated carbocycles. The number of pyridine rings is 1. The van der Waals surface area contributed by atoms with Crippen LogP contribution in [0.2, 0.25) is 0 Å². The van der Waals surface area contributed by atoms with Gasteiger partial charge in [-0.05, 0) is 11.6 Å². The second kappa shape index (κ2) is 3.59. The van der Waals surface area contributed by atoms with Crippen molar-refractivity contribution in [3.05, 3.63) is 17.8 Å². The van der Waals surface area contributed by atoms with Crippen molar-refractivity contribution in [2.24, 2.45) is 5.73 Å². The third-order valence-corrected chi connectivity index (χ3v) is 1.79. The summed E-state index contributed by atoms with van der Waals surface area (Å²) in [5, 5.41) is 7.40. The normalized spacial score (nSPS) is 9.92. The van der Waals surface area contributed by atoms with Crippen LogP contribution in [0.4, 0.5) is 5.82 Å². The quantitative estimate of drug-likeness (QED) is 0.621. The van der Waals surface area contributed by atoms with E-state index in [2.05, 4.69) is 15.2 Å². The second-order valence-corrected chi connectivity index (χ2v) is 2.51. The summed E-state index contributed by atoms with van der Waals surface area (Å²) in [5.41, 5.74) is 12.7. The van der Waals surface area contributed by atoms with Gasteiger partial charge in [0, 0.05) is 12.7 Å². The van der Waals surface area contributed by atoms with Gasteiger partial charge in [0.25, 0.3) is 0 Å². The number of aromatic nitrogens is 3. The topological polar surface area (TPSA) is 93.6 Å². The van der Waals surface area contributed by atoms with Crippen molar-refractivity contribution in [1.82, 2.24) is 15.2 Å². The van der Waals surface area contributed by atoms with E-state index in [0.717, 1.165) is 10.9 Å². The number of nitrogens with one attached hydrogen (secondary N) is 1. The van der Waals surface area contributed by atoms with Gasteiger partial charge < -0.3 is 11.5 Å². The summed E-state index contributed by atoms with van der Waals surface area (Å²) in [5.74, 6) is 0.526. The standard InChI is InChI=1S/C7H9N5.ClH/c8-3-4-1-2-10-7-5(4)6(9)11-12-7;/h1-2H,3,8H2,(H3,9,10,11,12);1H. The maximum Gasteiger partial charge on any atom is 0.183 e. The van der Waals surface area contributed by atoms with E-state index in [1.807, 2.05) is 6.07 Å². The summed E-state index contributed by atoms with van der Waals surface area (Å²) in [6.07, 6.45) is 1.67. The summed E-state index contributed by atoms with van der Waals surface area (Å²) in [6.45, 7) is 0.447. The Morgan fingerprint density at radius 3 is 2.92 bits per heavy atom. The van der Waals surface area contributed by atoms with Crippen LogP contribution in [0.5, 0.6) is 0 Å². The van der Waals surface area contributed by atoms with Gasteiger partial charge in [-0.25, -0.2) is 4.98 Å². The third-order valence-electron chi connectivity index (χ3n) is 1.79. The summed E-state index contributed by atoms with van der Waals surface area (Å²) in [6, 6.07) is 1.84. The molecule has 0 aliphatic carbocycles. The van der Waals surface area contributed by atoms with E-state index < -0.39 is 0 Å². The highest BCUT2D eigenvalue weighted by Crippen LogP contribution is 2.19. The lowest BCUT2D eigenvalue weighted by Gasteiger charge is -1.96. The van der Waals surface area contributed by atoms with E-state index in [-0.39, 0.29) is 12.4 Å². The molecule has 6 heteroatoms. The summed E-state index contributed by atoms with van der Waals surface area (Å²) >= 11 is 0. The van der Waals surface area contributed by atoms with E-state index in [0.29, 0.717) is 18.0 Å². The predicted octanol–water partition coefficient (Wildman–Crippen LogP) is 0.421. The van der Waals surface area contributed by atoms with Gasteiger partial charge in [-0.3, -0.25) is 5.10 Å². The van der Waals surface area contributed by atoms with Crippen molar-refractivity contribution < 1.29 is 0 Å². The largest absolute Gasteiger partial charge is 0.384 e. The average Bonchev–Trinajstić information content (AvgIpc) is 2.48. The van der Waals surface area contributed by atoms with Crippen LogP contribution in [0.15, 0.2) is 12.3 Å². The number of H-pyrrole nitrogens is 1. The van der Waals surface area contributed by atoms with Crippen molar-refractivity contribution in [3.8, 4) is 0 Å². The van der Waals surface area contributed by atoms with Crippen molar-refractivity contribution in [2.75, 3.05) is 5.73 Å². The predicted molar refractivity (Wildman–Crippen MR) is 53.4 cm³/mol. The number of anilines is 1. The summed E-state index contributed by atoms with van der Waals surface area (Å²) < 4.78 is 0. The molecule has 2 aromatic rings. The minimum Gasteiger partial charge on any atom is -0.384 e. The highest BCUT2D eigenvalue weighted by atomic mass is 35.5. The molecular weight excluding hydrogens is 190 g/mol. The average molecular weight is 200 g/mol. The molecule has 0 aliphatic heterocycles. The van der Waals surface area contributed by atoms with Crippen LogP contribution < -0.4 is 11.5 Å². The number of fused-ring (bicyclic) bond motifs is 1. The third kappa shape index (κ3) is 1.43. The van der Waals surface area contributed by atoms with Gasteiger partial charge in [0.1, 0.15) is 5.82 Å². The first-order valence-electron chi connectivity index (χ1n) is 3.60. The van der Waals surface area contributed by atoms with E-state index in [4.69, 9.17) is 11.5 Å². The Morgan fingerprint density at radius 1 is 1.46 bits per heavy atom. The number of hydrogen-bond acceptors (Lipinski definition) is 4. The molecule has 0 fully saturated rings. The van der Waals surface area contributed by atoms with Crippen LogP contribution >= 0.6 is 12.4 Å². The molecule has 2 rings (SSSR count). The molecule has 0 amide bonds. The Balaban J connectivity index is 0.000000845. The molecule has 0 atom stereocenters. The van der Waals surface area contributed by atoms with Gasteiger partial charge in [-0.2, -0.15) is 5.10 Å². The molecule has 0 aromatic carbocycles. The van der Waals surface area contributed by atoms with Gasteiger partial charge in [0.15, 0.2) is 5.65 Å². The molecule has 0 aliphatic rings. The van der Waals surface area contributed by atoms with Gasteiger partial charge in [0.2, 0.25) is 0 Å². The monoisotopic (exact) mass is 199 g/mol. The summed E-state index contributed by atoms with van der Waals surface area (Å²) in [4.78, 5) is 4.03. The highest BCUT2D eigenvalue weighted by Gasteiger charge is 2.06. The Morgan fingerprint density at radius 2 is 2.23 bits per heavy atom. The van der Waals surface area contributed by atoms with Crippen molar-refractivity contribution in [1.29, 1.82) is 0 Å². The van der Waals surface area contributed by atoms with E-state index in [1.54, 1.807) is 6.20 Å². The lowest BCUT2D eigenvalue weighted by Crippen LogP contribution is -1.98. The van der Waals surface area contributed by atoms with Crippen LogP contribution in [-0.4, -0.2) is 15.2 Å². The SMILES string of the molecule is Cl.NCc1ccnc2n[nH]c(N)c12. The lowest BCUT2D eigenvalue weighted by molar-refractivity contribution is 1.08. The van der Waals surface area contributed by atoms with Gasteiger partial charge in [-0.1, -0.05) is 0 Å². The van der Waals surface area contributed by atoms with E-state index in [1.165, 1.54) is 0 Å². The number of nitrogens with zero attached hydrogens (tertiary/aromatic N) is 2. The summed E-state index contributed by atoms with van der Waals surface area (Å²) in [7, 11) is 0. The first-order chi connectivity index (χ1) is 5.83. The van der Waals surface area contributed by atoms with Gasteiger partial charge in [0.05, 0.1) is 5.39 Å². The Hall–Kier alpha value is -1.33. The number of nitrogens with two attached hydrogens (primary N) is 2. The van der Waals surface area contributed by atoms with Gasteiger partial charge in [-0.15, -0.1) is 12.4 Å². The van der Waals surface area contributed by atoms with Crippen molar-refractivity contribution in [3.63, 3.8) is 0 Å². The first kappa shape index (κ1) is 9.76. The molecule has 0 unspecified atom stereocenters. The molecule has 0 spiro atoms. The molecule has 5 nitrogen and oxygen atoms in total. The molecule has 2 aromatic heterocycles. The minimum absolute atomic E-state index is 0. The molecule has 2 heterocycles. The fourth-order valence-corrected chi connectivity index (χ4v) is 1.21. The number of hydrogen-bond donors (Lipinski definition) is 3. The zero-order chi connectivity index (χ0) is 8.55.